The molecule has 5 nitrogen and oxygen atoms in total. The Morgan fingerprint density at radius 2 is 1.76 bits per heavy atom. The summed E-state index contributed by atoms with van der Waals surface area (Å²) in [6.07, 6.45) is 0. The number of hydrogen-bond donors (Lipinski definition) is 2. The molecule has 0 heterocycles. The third-order valence-electron chi connectivity index (χ3n) is 3.58. The van der Waals surface area contributed by atoms with Crippen LogP contribution >= 0.6 is 11.6 Å². The zero-order valence-corrected chi connectivity index (χ0v) is 15.7. The number of rotatable bonds is 6. The van der Waals surface area contributed by atoms with E-state index in [0.717, 1.165) is 22.4 Å². The van der Waals surface area contributed by atoms with Gasteiger partial charge in [0, 0.05) is 11.1 Å². The summed E-state index contributed by atoms with van der Waals surface area (Å²) in [7, 11) is 1.53. The first-order chi connectivity index (χ1) is 11.9. The van der Waals surface area contributed by atoms with Crippen molar-refractivity contribution in [3.63, 3.8) is 0 Å². The highest BCUT2D eigenvalue weighted by molar-refractivity contribution is 6.31. The molecule has 0 saturated carbocycles. The van der Waals surface area contributed by atoms with Gasteiger partial charge in [-0.05, 0) is 55.7 Å². The van der Waals surface area contributed by atoms with Gasteiger partial charge in [0.25, 0.3) is 0 Å². The number of amides is 2. The van der Waals surface area contributed by atoms with Crippen molar-refractivity contribution >= 4 is 23.3 Å². The molecule has 2 aromatic carbocycles. The molecule has 0 spiro atoms. The quantitative estimate of drug-likeness (QED) is 0.745. The Bertz CT molecular complexity index is 742. The van der Waals surface area contributed by atoms with Crippen molar-refractivity contribution in [3.8, 4) is 11.5 Å². The number of carbonyl (C=O) groups excluding carboxylic acids is 1. The first-order valence-corrected chi connectivity index (χ1v) is 8.37. The van der Waals surface area contributed by atoms with Gasteiger partial charge in [-0.3, -0.25) is 0 Å². The largest absolute Gasteiger partial charge is 0.495 e. The molecule has 0 radical (unpaired) electrons. The third-order valence-corrected chi connectivity index (χ3v) is 3.99. The second kappa shape index (κ2) is 8.62. The topological polar surface area (TPSA) is 59.6 Å². The van der Waals surface area contributed by atoms with E-state index in [2.05, 4.69) is 16.7 Å². The highest BCUT2D eigenvalue weighted by Crippen LogP contribution is 2.30. The van der Waals surface area contributed by atoms with Gasteiger partial charge < -0.3 is 20.1 Å². The Balaban J connectivity index is 1.84. The van der Waals surface area contributed by atoms with Crippen LogP contribution in [0.2, 0.25) is 5.02 Å². The maximum absolute atomic E-state index is 12.0. The van der Waals surface area contributed by atoms with Crippen LogP contribution in [-0.4, -0.2) is 26.3 Å². The van der Waals surface area contributed by atoms with Crippen LogP contribution in [0.4, 0.5) is 10.5 Å². The molecule has 0 bridgehead atoms. The van der Waals surface area contributed by atoms with E-state index >= 15 is 0 Å². The lowest BCUT2D eigenvalue weighted by Crippen LogP contribution is -2.32. The molecule has 0 fully saturated rings. The second-order valence-electron chi connectivity index (χ2n) is 5.85. The normalized spacial score (nSPS) is 10.3. The number of aryl methyl sites for hydroxylation is 3. The Morgan fingerprint density at radius 1 is 1.08 bits per heavy atom. The van der Waals surface area contributed by atoms with Crippen molar-refractivity contribution in [3.05, 3.63) is 52.0 Å². The SMILES string of the molecule is COc1cc(Cl)c(C)cc1NC(=O)NCCOc1cc(C)cc(C)c1. The number of hydrogen-bond acceptors (Lipinski definition) is 3. The molecule has 2 rings (SSSR count). The smallest absolute Gasteiger partial charge is 0.319 e. The highest BCUT2D eigenvalue weighted by atomic mass is 35.5. The van der Waals surface area contributed by atoms with Gasteiger partial charge in [0.2, 0.25) is 0 Å². The lowest BCUT2D eigenvalue weighted by molar-refractivity contribution is 0.247. The summed E-state index contributed by atoms with van der Waals surface area (Å²) in [6, 6.07) is 9.13. The van der Waals surface area contributed by atoms with Gasteiger partial charge in [0.15, 0.2) is 0 Å². The lowest BCUT2D eigenvalue weighted by Gasteiger charge is -2.13. The number of urea groups is 1. The molecule has 0 aliphatic heterocycles. The van der Waals surface area contributed by atoms with Crippen LogP contribution in [0, 0.1) is 20.8 Å². The molecule has 25 heavy (non-hydrogen) atoms. The molecule has 2 amide bonds. The molecular weight excluding hydrogens is 340 g/mol. The van der Waals surface area contributed by atoms with E-state index in [0.29, 0.717) is 29.6 Å². The van der Waals surface area contributed by atoms with E-state index < -0.39 is 0 Å². The van der Waals surface area contributed by atoms with Gasteiger partial charge in [-0.25, -0.2) is 4.79 Å². The van der Waals surface area contributed by atoms with Crippen molar-refractivity contribution in [2.24, 2.45) is 0 Å². The second-order valence-corrected chi connectivity index (χ2v) is 6.26. The minimum Gasteiger partial charge on any atom is -0.495 e. The Morgan fingerprint density at radius 3 is 2.40 bits per heavy atom. The third kappa shape index (κ3) is 5.57. The van der Waals surface area contributed by atoms with Gasteiger partial charge in [0.05, 0.1) is 19.3 Å². The molecule has 2 aromatic rings. The summed E-state index contributed by atoms with van der Waals surface area (Å²) in [4.78, 5) is 12.0. The van der Waals surface area contributed by atoms with Crippen LogP contribution in [0.5, 0.6) is 11.5 Å². The number of nitrogens with one attached hydrogen (secondary N) is 2. The van der Waals surface area contributed by atoms with Crippen LogP contribution < -0.4 is 20.1 Å². The first kappa shape index (κ1) is 18.9. The molecule has 134 valence electrons. The van der Waals surface area contributed by atoms with Gasteiger partial charge in [0.1, 0.15) is 18.1 Å². The monoisotopic (exact) mass is 362 g/mol. The maximum Gasteiger partial charge on any atom is 0.319 e. The Labute approximate surface area is 153 Å². The molecule has 0 atom stereocenters. The van der Waals surface area contributed by atoms with Crippen LogP contribution in [0.15, 0.2) is 30.3 Å². The average Bonchev–Trinajstić information content (AvgIpc) is 2.54. The van der Waals surface area contributed by atoms with Crippen LogP contribution in [0.25, 0.3) is 0 Å². The minimum atomic E-state index is -0.330. The van der Waals surface area contributed by atoms with Gasteiger partial charge in [-0.2, -0.15) is 0 Å². The van der Waals surface area contributed by atoms with Crippen LogP contribution in [-0.2, 0) is 0 Å². The maximum atomic E-state index is 12.0. The zero-order chi connectivity index (χ0) is 18.4. The van der Waals surface area contributed by atoms with E-state index in [4.69, 9.17) is 21.1 Å². The zero-order valence-electron chi connectivity index (χ0n) is 14.9. The number of halogens is 1. The van der Waals surface area contributed by atoms with Gasteiger partial charge in [-0.15, -0.1) is 0 Å². The molecular formula is C19H23ClN2O3. The van der Waals surface area contributed by atoms with Gasteiger partial charge in [-0.1, -0.05) is 17.7 Å². The number of methoxy groups -OCH3 is 1. The lowest BCUT2D eigenvalue weighted by atomic mass is 10.1. The summed E-state index contributed by atoms with van der Waals surface area (Å²) in [6.45, 7) is 6.67. The fourth-order valence-corrected chi connectivity index (χ4v) is 2.60. The van der Waals surface area contributed by atoms with E-state index in [1.165, 1.54) is 7.11 Å². The van der Waals surface area contributed by atoms with Crippen molar-refractivity contribution < 1.29 is 14.3 Å². The number of ether oxygens (including phenoxy) is 2. The highest BCUT2D eigenvalue weighted by Gasteiger charge is 2.10. The Kier molecular flexibility index (Phi) is 6.53. The molecule has 6 heteroatoms. The predicted molar refractivity (Wildman–Crippen MR) is 101 cm³/mol. The summed E-state index contributed by atoms with van der Waals surface area (Å²) in [5, 5.41) is 6.10. The van der Waals surface area contributed by atoms with E-state index in [-0.39, 0.29) is 6.03 Å². The first-order valence-electron chi connectivity index (χ1n) is 7.99. The standard InChI is InChI=1S/C19H23ClN2O3/c1-12-7-13(2)9-15(8-12)25-6-5-21-19(23)22-17-10-14(3)16(20)11-18(17)24-4/h7-11H,5-6H2,1-4H3,(H2,21,22,23). The molecule has 0 unspecified atom stereocenters. The van der Waals surface area contributed by atoms with Crippen molar-refractivity contribution in [2.75, 3.05) is 25.6 Å². The van der Waals surface area contributed by atoms with Gasteiger partial charge >= 0.3 is 6.03 Å². The molecule has 2 N–H and O–H groups in total. The summed E-state index contributed by atoms with van der Waals surface area (Å²) < 4.78 is 10.9. The summed E-state index contributed by atoms with van der Waals surface area (Å²) in [5.41, 5.74) is 3.71. The molecule has 0 aromatic heterocycles. The van der Waals surface area contributed by atoms with Crippen LogP contribution in [0.1, 0.15) is 16.7 Å². The minimum absolute atomic E-state index is 0.330. The molecule has 0 aliphatic carbocycles. The van der Waals surface area contributed by atoms with Crippen molar-refractivity contribution in [1.82, 2.24) is 5.32 Å². The average molecular weight is 363 g/mol. The van der Waals surface area contributed by atoms with E-state index in [1.807, 2.05) is 32.9 Å². The molecule has 0 saturated heterocycles. The molecule has 0 aliphatic rings. The summed E-state index contributed by atoms with van der Waals surface area (Å²) >= 11 is 6.06. The Hall–Kier alpha value is -2.40. The fraction of sp³-hybridized carbons (Fsp3) is 0.316. The van der Waals surface area contributed by atoms with E-state index in [1.54, 1.807) is 12.1 Å². The van der Waals surface area contributed by atoms with Crippen molar-refractivity contribution in [1.29, 1.82) is 0 Å². The summed E-state index contributed by atoms with van der Waals surface area (Å²) in [5.74, 6) is 1.31. The van der Waals surface area contributed by atoms with Crippen LogP contribution in [0.3, 0.4) is 0 Å². The van der Waals surface area contributed by atoms with E-state index in [9.17, 15) is 4.79 Å². The number of carbonyl (C=O) groups is 1. The fourth-order valence-electron chi connectivity index (χ4n) is 2.45. The predicted octanol–water partition coefficient (Wildman–Crippen LogP) is 4.47. The van der Waals surface area contributed by atoms with Crippen molar-refractivity contribution in [2.45, 2.75) is 20.8 Å². The number of benzene rings is 2. The number of anilines is 1.